The van der Waals surface area contributed by atoms with Crippen LogP contribution in [0.5, 0.6) is 0 Å². The van der Waals surface area contributed by atoms with Gasteiger partial charge in [-0.05, 0) is 31.0 Å². The van der Waals surface area contributed by atoms with E-state index in [9.17, 15) is 13.2 Å². The molecule has 1 N–H and O–H groups in total. The first kappa shape index (κ1) is 15.3. The standard InChI is InChI=1S/C13H17ClN2O3S/c1-2-13(17)15-10-5-6-11(14)12(9-10)20(18,19)16-7-3-4-8-16/h5-6,9H,2-4,7-8H2,1H3,(H,15,17). The molecule has 2 rings (SSSR count). The van der Waals surface area contributed by atoms with Gasteiger partial charge in [0, 0.05) is 25.2 Å². The molecule has 5 nitrogen and oxygen atoms in total. The molecule has 7 heteroatoms. The van der Waals surface area contributed by atoms with E-state index < -0.39 is 10.0 Å². The Balaban J connectivity index is 2.35. The first-order valence-corrected chi connectivity index (χ1v) is 8.36. The minimum atomic E-state index is -3.58. The maximum Gasteiger partial charge on any atom is 0.244 e. The highest BCUT2D eigenvalue weighted by Crippen LogP contribution is 2.29. The number of halogens is 1. The van der Waals surface area contributed by atoms with Crippen molar-refractivity contribution in [2.24, 2.45) is 0 Å². The summed E-state index contributed by atoms with van der Waals surface area (Å²) in [7, 11) is -3.58. The van der Waals surface area contributed by atoms with Gasteiger partial charge in [-0.3, -0.25) is 4.79 Å². The summed E-state index contributed by atoms with van der Waals surface area (Å²) in [6.45, 7) is 2.77. The third-order valence-electron chi connectivity index (χ3n) is 3.22. The molecular formula is C13H17ClN2O3S. The van der Waals surface area contributed by atoms with Crippen molar-refractivity contribution < 1.29 is 13.2 Å². The molecule has 1 aromatic carbocycles. The van der Waals surface area contributed by atoms with Gasteiger partial charge in [0.05, 0.1) is 5.02 Å². The molecule has 1 heterocycles. The summed E-state index contributed by atoms with van der Waals surface area (Å²) in [5.41, 5.74) is 0.444. The van der Waals surface area contributed by atoms with Gasteiger partial charge in [0.1, 0.15) is 4.90 Å². The van der Waals surface area contributed by atoms with Gasteiger partial charge in [-0.1, -0.05) is 18.5 Å². The lowest BCUT2D eigenvalue weighted by atomic mass is 10.3. The molecule has 20 heavy (non-hydrogen) atoms. The number of amides is 1. The second-order valence-corrected chi connectivity index (χ2v) is 6.97. The zero-order chi connectivity index (χ0) is 14.8. The second kappa shape index (κ2) is 6.11. The lowest BCUT2D eigenvalue weighted by Gasteiger charge is -2.17. The van der Waals surface area contributed by atoms with E-state index in [2.05, 4.69) is 5.32 Å². The predicted molar refractivity (Wildman–Crippen MR) is 78.4 cm³/mol. The Morgan fingerprint density at radius 3 is 2.60 bits per heavy atom. The van der Waals surface area contributed by atoms with Crippen LogP contribution in [-0.4, -0.2) is 31.7 Å². The number of sulfonamides is 1. The predicted octanol–water partition coefficient (Wildman–Crippen LogP) is 2.47. The van der Waals surface area contributed by atoms with E-state index in [-0.39, 0.29) is 15.8 Å². The number of benzene rings is 1. The molecular weight excluding hydrogens is 300 g/mol. The van der Waals surface area contributed by atoms with Gasteiger partial charge < -0.3 is 5.32 Å². The summed E-state index contributed by atoms with van der Waals surface area (Å²) in [5.74, 6) is -0.170. The maximum atomic E-state index is 12.5. The topological polar surface area (TPSA) is 66.5 Å². The summed E-state index contributed by atoms with van der Waals surface area (Å²) >= 11 is 6.01. The van der Waals surface area contributed by atoms with Crippen LogP contribution in [0.2, 0.25) is 5.02 Å². The van der Waals surface area contributed by atoms with Crippen LogP contribution in [-0.2, 0) is 14.8 Å². The number of anilines is 1. The summed E-state index contributed by atoms with van der Waals surface area (Å²) < 4.78 is 26.4. The molecule has 0 saturated carbocycles. The average molecular weight is 317 g/mol. The van der Waals surface area contributed by atoms with Gasteiger partial charge in [-0.15, -0.1) is 0 Å². The highest BCUT2D eigenvalue weighted by atomic mass is 35.5. The summed E-state index contributed by atoms with van der Waals surface area (Å²) in [6, 6.07) is 4.51. The van der Waals surface area contributed by atoms with Crippen molar-refractivity contribution in [2.45, 2.75) is 31.1 Å². The van der Waals surface area contributed by atoms with Crippen LogP contribution in [0.25, 0.3) is 0 Å². The largest absolute Gasteiger partial charge is 0.326 e. The highest BCUT2D eigenvalue weighted by molar-refractivity contribution is 7.89. The number of hydrogen-bond acceptors (Lipinski definition) is 3. The van der Waals surface area contributed by atoms with Crippen molar-refractivity contribution in [3.05, 3.63) is 23.2 Å². The molecule has 110 valence electrons. The summed E-state index contributed by atoms with van der Waals surface area (Å²) in [6.07, 6.45) is 2.06. The molecule has 1 fully saturated rings. The van der Waals surface area contributed by atoms with Crippen LogP contribution in [0.4, 0.5) is 5.69 Å². The smallest absolute Gasteiger partial charge is 0.244 e. The molecule has 0 aromatic heterocycles. The fourth-order valence-electron chi connectivity index (χ4n) is 2.10. The van der Waals surface area contributed by atoms with Crippen molar-refractivity contribution in [3.63, 3.8) is 0 Å². The Hall–Kier alpha value is -1.11. The van der Waals surface area contributed by atoms with Gasteiger partial charge in [-0.2, -0.15) is 4.31 Å². The molecule has 1 aliphatic heterocycles. The van der Waals surface area contributed by atoms with Crippen LogP contribution >= 0.6 is 11.6 Å². The molecule has 0 aliphatic carbocycles. The van der Waals surface area contributed by atoms with Crippen molar-refractivity contribution in [3.8, 4) is 0 Å². The normalized spacial score (nSPS) is 16.3. The van der Waals surface area contributed by atoms with Crippen molar-refractivity contribution in [1.29, 1.82) is 0 Å². The second-order valence-electron chi connectivity index (χ2n) is 4.66. The third-order valence-corrected chi connectivity index (χ3v) is 5.60. The van der Waals surface area contributed by atoms with E-state index in [0.717, 1.165) is 12.8 Å². The van der Waals surface area contributed by atoms with Crippen LogP contribution in [0.1, 0.15) is 26.2 Å². The number of carbonyl (C=O) groups is 1. The molecule has 0 radical (unpaired) electrons. The summed E-state index contributed by atoms with van der Waals surface area (Å²) in [4.78, 5) is 11.4. The first-order valence-electron chi connectivity index (χ1n) is 6.54. The monoisotopic (exact) mass is 316 g/mol. The van der Waals surface area contributed by atoms with E-state index in [0.29, 0.717) is 25.2 Å². The zero-order valence-electron chi connectivity index (χ0n) is 11.2. The van der Waals surface area contributed by atoms with E-state index in [1.54, 1.807) is 13.0 Å². The number of rotatable bonds is 4. The number of nitrogens with one attached hydrogen (secondary N) is 1. The number of nitrogens with zero attached hydrogens (tertiary/aromatic N) is 1. The Bertz CT molecular complexity index is 610. The number of carbonyl (C=O) groups excluding carboxylic acids is 1. The SMILES string of the molecule is CCC(=O)Nc1ccc(Cl)c(S(=O)(=O)N2CCCC2)c1. The Kier molecular flexibility index (Phi) is 4.67. The van der Waals surface area contributed by atoms with Crippen LogP contribution < -0.4 is 5.32 Å². The molecule has 0 bridgehead atoms. The van der Waals surface area contributed by atoms with Crippen LogP contribution in [0.3, 0.4) is 0 Å². The van der Waals surface area contributed by atoms with Crippen molar-refractivity contribution in [1.82, 2.24) is 4.31 Å². The van der Waals surface area contributed by atoms with Gasteiger partial charge in [-0.25, -0.2) is 8.42 Å². The molecule has 1 amide bonds. The molecule has 1 aromatic rings. The summed E-state index contributed by atoms with van der Waals surface area (Å²) in [5, 5.41) is 2.81. The molecule has 1 aliphatic rings. The lowest BCUT2D eigenvalue weighted by Crippen LogP contribution is -2.28. The highest BCUT2D eigenvalue weighted by Gasteiger charge is 2.29. The van der Waals surface area contributed by atoms with Crippen LogP contribution in [0, 0.1) is 0 Å². The lowest BCUT2D eigenvalue weighted by molar-refractivity contribution is -0.115. The zero-order valence-corrected chi connectivity index (χ0v) is 12.8. The van der Waals surface area contributed by atoms with Crippen molar-refractivity contribution in [2.75, 3.05) is 18.4 Å². The van der Waals surface area contributed by atoms with Gasteiger partial charge in [0.25, 0.3) is 0 Å². The average Bonchev–Trinajstić information content (AvgIpc) is 2.95. The van der Waals surface area contributed by atoms with Gasteiger partial charge in [0.15, 0.2) is 0 Å². The van der Waals surface area contributed by atoms with Crippen LogP contribution in [0.15, 0.2) is 23.1 Å². The maximum absolute atomic E-state index is 12.5. The number of hydrogen-bond donors (Lipinski definition) is 1. The van der Waals surface area contributed by atoms with Gasteiger partial charge >= 0.3 is 0 Å². The quantitative estimate of drug-likeness (QED) is 0.928. The minimum Gasteiger partial charge on any atom is -0.326 e. The molecule has 0 unspecified atom stereocenters. The van der Waals surface area contributed by atoms with E-state index in [1.807, 2.05) is 0 Å². The Labute approximate surface area is 124 Å². The van der Waals surface area contributed by atoms with E-state index in [1.165, 1.54) is 16.4 Å². The minimum absolute atomic E-state index is 0.0509. The molecule has 0 spiro atoms. The fourth-order valence-corrected chi connectivity index (χ4v) is 4.11. The van der Waals surface area contributed by atoms with E-state index in [4.69, 9.17) is 11.6 Å². The Morgan fingerprint density at radius 1 is 1.35 bits per heavy atom. The first-order chi connectivity index (χ1) is 9.45. The fraction of sp³-hybridized carbons (Fsp3) is 0.462. The molecule has 1 saturated heterocycles. The molecule has 0 atom stereocenters. The van der Waals surface area contributed by atoms with E-state index >= 15 is 0 Å². The van der Waals surface area contributed by atoms with Gasteiger partial charge in [0.2, 0.25) is 15.9 Å². The third kappa shape index (κ3) is 3.13. The Morgan fingerprint density at radius 2 is 2.00 bits per heavy atom. The van der Waals surface area contributed by atoms with Crippen molar-refractivity contribution >= 4 is 33.2 Å².